The third-order valence-corrected chi connectivity index (χ3v) is 13.4. The minimum atomic E-state index is -0.831. The van der Waals surface area contributed by atoms with Gasteiger partial charge in [-0.15, -0.1) is 0 Å². The summed E-state index contributed by atoms with van der Waals surface area (Å²) in [6, 6.07) is 20.2. The van der Waals surface area contributed by atoms with Crippen LogP contribution in [0.25, 0.3) is 16.6 Å². The fraction of sp³-hybridized carbons (Fsp3) is 0.391. The fourth-order valence-electron chi connectivity index (χ4n) is 10.0. The molecule has 2 saturated heterocycles. The smallest absolute Gasteiger partial charge is 0.381 e. The number of benzene rings is 3. The Morgan fingerprint density at radius 1 is 0.951 bits per heavy atom. The zero-order chi connectivity index (χ0) is 42.3. The van der Waals surface area contributed by atoms with Crippen LogP contribution in [0.15, 0.2) is 80.8 Å². The molecule has 3 amide bonds. The number of aromatic amines is 1. The molecule has 1 aliphatic carbocycles. The normalized spacial score (nSPS) is 21.7. The van der Waals surface area contributed by atoms with Gasteiger partial charge in [0.05, 0.1) is 17.4 Å². The Balaban J connectivity index is 1.08. The van der Waals surface area contributed by atoms with Crippen molar-refractivity contribution in [3.8, 4) is 5.69 Å². The van der Waals surface area contributed by atoms with Gasteiger partial charge in [0.25, 0.3) is 11.5 Å². The lowest BCUT2D eigenvalue weighted by Gasteiger charge is -2.36. The summed E-state index contributed by atoms with van der Waals surface area (Å²) >= 11 is 0. The number of nitrogens with one attached hydrogen (secondary N) is 1. The van der Waals surface area contributed by atoms with E-state index in [1.165, 1.54) is 15.0 Å². The Bertz CT molecular complexity index is 2840. The second-order valence-electron chi connectivity index (χ2n) is 17.1. The number of H-pyrrole nitrogens is 1. The molecule has 4 aliphatic rings. The Morgan fingerprint density at radius 2 is 1.69 bits per heavy atom. The summed E-state index contributed by atoms with van der Waals surface area (Å²) in [4.78, 5) is 69.6. The molecule has 6 aromatic rings. The van der Waals surface area contributed by atoms with Crippen LogP contribution in [0.2, 0.25) is 0 Å². The number of aromatic nitrogens is 5. The van der Waals surface area contributed by atoms with Gasteiger partial charge in [-0.2, -0.15) is 0 Å². The molecule has 0 radical (unpaired) electrons. The molecule has 1 N–H and O–H groups in total. The lowest BCUT2D eigenvalue weighted by atomic mass is 9.91. The molecule has 61 heavy (non-hydrogen) atoms. The monoisotopic (exact) mass is 826 g/mol. The Morgan fingerprint density at radius 3 is 2.38 bits per heavy atom. The third-order valence-electron chi connectivity index (χ3n) is 13.4. The van der Waals surface area contributed by atoms with E-state index in [1.807, 2.05) is 47.9 Å². The zero-order valence-corrected chi connectivity index (χ0v) is 34.6. The van der Waals surface area contributed by atoms with Gasteiger partial charge in [-0.05, 0) is 111 Å². The van der Waals surface area contributed by atoms with E-state index in [4.69, 9.17) is 14.2 Å². The highest BCUT2D eigenvalue weighted by atomic mass is 19.1. The summed E-state index contributed by atoms with van der Waals surface area (Å²) in [5, 5.41) is 5.04. The van der Waals surface area contributed by atoms with E-state index >= 15 is 4.79 Å². The molecule has 3 fully saturated rings. The van der Waals surface area contributed by atoms with Crippen molar-refractivity contribution >= 4 is 28.8 Å². The molecule has 15 heteroatoms. The number of hydrogen-bond acceptors (Lipinski definition) is 8. The van der Waals surface area contributed by atoms with Crippen LogP contribution in [0.3, 0.4) is 0 Å². The van der Waals surface area contributed by atoms with Gasteiger partial charge in [-0.25, -0.2) is 23.5 Å². The quantitative estimate of drug-likeness (QED) is 0.183. The van der Waals surface area contributed by atoms with Crippen LogP contribution in [0, 0.1) is 25.6 Å². The van der Waals surface area contributed by atoms with Crippen LogP contribution >= 0.6 is 0 Å². The molecular weight excluding hydrogens is 780 g/mol. The zero-order valence-electron chi connectivity index (χ0n) is 34.6. The number of carbonyl (C=O) groups excluding carboxylic acids is 2. The number of hydrogen-bond donors (Lipinski definition) is 1. The van der Waals surface area contributed by atoms with Crippen molar-refractivity contribution in [1.29, 1.82) is 0 Å². The minimum absolute atomic E-state index is 0.0194. The second-order valence-corrected chi connectivity index (χ2v) is 17.1. The molecule has 3 atom stereocenters. The number of anilines is 1. The topological polar surface area (TPSA) is 152 Å². The van der Waals surface area contributed by atoms with E-state index in [-0.39, 0.29) is 54.7 Å². The van der Waals surface area contributed by atoms with Crippen molar-refractivity contribution < 1.29 is 23.2 Å². The average Bonchev–Trinajstić information content (AvgIpc) is 3.56. The first-order valence-electron chi connectivity index (χ1n) is 21.1. The van der Waals surface area contributed by atoms with Crippen LogP contribution in [0.1, 0.15) is 94.9 Å². The SMILES string of the molecule is Cc1cc(-n2c(N3CCN(Cc4ccccc4)C3=O)nc3c(c2=O)CCN(C(=O)c2cc4cc(C5CCOCC5)ccc4n2C2(c4noc(=O)[nH]4)CC2C)C3C)cc(C)c1F. The second kappa shape index (κ2) is 14.7. The number of rotatable bonds is 8. The lowest BCUT2D eigenvalue weighted by molar-refractivity contribution is 0.0658. The predicted octanol–water partition coefficient (Wildman–Crippen LogP) is 6.50. The number of halogens is 1. The minimum Gasteiger partial charge on any atom is -0.381 e. The van der Waals surface area contributed by atoms with Crippen LogP contribution in [0.5, 0.6) is 0 Å². The highest BCUT2D eigenvalue weighted by molar-refractivity contribution is 6.00. The van der Waals surface area contributed by atoms with E-state index < -0.39 is 17.3 Å². The molecule has 3 unspecified atom stereocenters. The largest absolute Gasteiger partial charge is 0.438 e. The van der Waals surface area contributed by atoms with E-state index in [1.54, 1.807) is 35.8 Å². The number of aryl methyl sites for hydroxylation is 2. The fourth-order valence-corrected chi connectivity index (χ4v) is 10.0. The van der Waals surface area contributed by atoms with E-state index in [9.17, 15) is 18.8 Å². The van der Waals surface area contributed by atoms with Crippen molar-refractivity contribution in [3.05, 3.63) is 138 Å². The van der Waals surface area contributed by atoms with Gasteiger partial charge in [0, 0.05) is 55.9 Å². The van der Waals surface area contributed by atoms with E-state index in [0.29, 0.717) is 78.2 Å². The summed E-state index contributed by atoms with van der Waals surface area (Å²) in [6.07, 6.45) is 2.65. The van der Waals surface area contributed by atoms with Gasteiger partial charge in [0.15, 0.2) is 5.82 Å². The van der Waals surface area contributed by atoms with E-state index in [2.05, 4.69) is 35.3 Å². The van der Waals surface area contributed by atoms with E-state index in [0.717, 1.165) is 29.3 Å². The molecule has 3 aliphatic heterocycles. The highest BCUT2D eigenvalue weighted by Gasteiger charge is 2.59. The maximum Gasteiger partial charge on any atom is 0.438 e. The van der Waals surface area contributed by atoms with Crippen molar-refractivity contribution in [2.75, 3.05) is 37.7 Å². The highest BCUT2D eigenvalue weighted by Crippen LogP contribution is 2.56. The first-order chi connectivity index (χ1) is 29.4. The molecule has 3 aromatic heterocycles. The number of nitrogens with zero attached hydrogens (tertiary/aromatic N) is 7. The summed E-state index contributed by atoms with van der Waals surface area (Å²) in [6.45, 7) is 9.88. The molecule has 0 spiro atoms. The van der Waals surface area contributed by atoms with Gasteiger partial charge in [0.1, 0.15) is 17.1 Å². The molecule has 314 valence electrons. The van der Waals surface area contributed by atoms with Gasteiger partial charge < -0.3 is 19.1 Å². The summed E-state index contributed by atoms with van der Waals surface area (Å²) < 4.78 is 29.1. The average molecular weight is 827 g/mol. The Kier molecular flexibility index (Phi) is 9.34. The molecule has 1 saturated carbocycles. The van der Waals surface area contributed by atoms with Crippen molar-refractivity contribution in [2.45, 2.75) is 77.4 Å². The maximum atomic E-state index is 15.3. The molecule has 10 rings (SSSR count). The van der Waals surface area contributed by atoms with Crippen molar-refractivity contribution in [2.24, 2.45) is 5.92 Å². The standard InChI is InChI=1S/C46H47FN8O6/c1-26-20-34(21-27(2)38(26)47)54-40(56)35-12-15-52(29(4)39(35)48-43(54)53-17-16-51(45(53)59)25-30-8-6-5-7-9-30)41(57)37-23-33-22-32(31-13-18-60-19-14-31)10-11-36(33)55(37)46(24-28(46)3)42-49-44(58)61-50-42/h5-11,20-23,28-29,31H,12-19,24-25H2,1-4H3,(H,49,50,58). The molecular formula is C46H47FN8O6. The van der Waals surface area contributed by atoms with Crippen LogP contribution in [-0.4, -0.2) is 78.8 Å². The number of urea groups is 1. The first-order valence-corrected chi connectivity index (χ1v) is 21.1. The number of ether oxygens (including phenoxy) is 1. The van der Waals surface area contributed by atoms with Crippen LogP contribution in [-0.2, 0) is 23.2 Å². The van der Waals surface area contributed by atoms with Crippen molar-refractivity contribution in [1.82, 2.24) is 34.1 Å². The van der Waals surface area contributed by atoms with Crippen LogP contribution in [0.4, 0.5) is 15.1 Å². The van der Waals surface area contributed by atoms with Gasteiger partial charge >= 0.3 is 11.8 Å². The number of fused-ring (bicyclic) bond motifs is 2. The summed E-state index contributed by atoms with van der Waals surface area (Å²) in [5.41, 5.74) is 4.17. The number of carbonyl (C=O) groups is 2. The molecule has 0 bridgehead atoms. The molecule has 14 nitrogen and oxygen atoms in total. The Labute approximate surface area is 350 Å². The van der Waals surface area contributed by atoms with Crippen molar-refractivity contribution in [3.63, 3.8) is 0 Å². The summed E-state index contributed by atoms with van der Waals surface area (Å²) in [7, 11) is 0. The lowest BCUT2D eigenvalue weighted by Crippen LogP contribution is -2.45. The van der Waals surface area contributed by atoms with Gasteiger partial charge in [0.2, 0.25) is 5.95 Å². The van der Waals surface area contributed by atoms with Gasteiger partial charge in [-0.3, -0.25) is 24.0 Å². The summed E-state index contributed by atoms with van der Waals surface area (Å²) in [5.74, 6) is -0.476. The number of amides is 3. The van der Waals surface area contributed by atoms with Gasteiger partial charge in [-0.1, -0.05) is 48.5 Å². The maximum absolute atomic E-state index is 15.3. The third kappa shape index (κ3) is 6.31. The Hall–Kier alpha value is -6.35. The first kappa shape index (κ1) is 38.8. The molecule has 6 heterocycles. The molecule has 3 aromatic carbocycles. The van der Waals surface area contributed by atoms with Crippen LogP contribution < -0.4 is 16.2 Å². The predicted molar refractivity (Wildman–Crippen MR) is 225 cm³/mol.